The molecule has 0 aliphatic rings. The molecule has 0 amide bonds. The number of fused-ring (bicyclic) bond motifs is 1. The number of rotatable bonds is 5. The molecule has 27 heavy (non-hydrogen) atoms. The molecular formula is C21H19N3O2S. The number of nitrogens with one attached hydrogen (secondary N) is 1. The van der Waals surface area contributed by atoms with E-state index in [2.05, 4.69) is 18.3 Å². The molecule has 4 aromatic rings. The first-order chi connectivity index (χ1) is 13.2. The number of hydrogen-bond acceptors (Lipinski definition) is 6. The maximum Gasteiger partial charge on any atom is 0.163 e. The Kier molecular flexibility index (Phi) is 4.64. The summed E-state index contributed by atoms with van der Waals surface area (Å²) in [5.41, 5.74) is 1.80. The minimum absolute atomic E-state index is 0.689. The SMILES string of the molecule is COc1ccc(Nc2nc(-c3ccccc3)nc3sc(C)cc23)c(OC)c1. The number of thiophene rings is 1. The molecule has 0 bridgehead atoms. The topological polar surface area (TPSA) is 56.3 Å². The third-order valence-corrected chi connectivity index (χ3v) is 5.15. The highest BCUT2D eigenvalue weighted by molar-refractivity contribution is 7.18. The highest BCUT2D eigenvalue weighted by Crippen LogP contribution is 2.36. The van der Waals surface area contributed by atoms with Crippen LogP contribution in [-0.4, -0.2) is 24.2 Å². The molecule has 1 N–H and O–H groups in total. The van der Waals surface area contributed by atoms with Crippen LogP contribution in [0.3, 0.4) is 0 Å². The van der Waals surface area contributed by atoms with Crippen molar-refractivity contribution in [1.82, 2.24) is 9.97 Å². The number of methoxy groups -OCH3 is 2. The van der Waals surface area contributed by atoms with Crippen LogP contribution in [0.4, 0.5) is 11.5 Å². The van der Waals surface area contributed by atoms with Crippen molar-refractivity contribution in [3.05, 3.63) is 59.5 Å². The second-order valence-corrected chi connectivity index (χ2v) is 7.26. The van der Waals surface area contributed by atoms with E-state index in [1.54, 1.807) is 25.6 Å². The van der Waals surface area contributed by atoms with Crippen LogP contribution in [0.15, 0.2) is 54.6 Å². The van der Waals surface area contributed by atoms with Gasteiger partial charge in [-0.15, -0.1) is 11.3 Å². The molecule has 2 aromatic heterocycles. The molecule has 2 heterocycles. The van der Waals surface area contributed by atoms with E-state index in [0.29, 0.717) is 11.6 Å². The molecule has 0 unspecified atom stereocenters. The predicted molar refractivity (Wildman–Crippen MR) is 110 cm³/mol. The van der Waals surface area contributed by atoms with Crippen molar-refractivity contribution in [2.24, 2.45) is 0 Å². The Morgan fingerprint density at radius 3 is 2.48 bits per heavy atom. The van der Waals surface area contributed by atoms with E-state index < -0.39 is 0 Å². The van der Waals surface area contributed by atoms with E-state index in [1.807, 2.05) is 48.5 Å². The van der Waals surface area contributed by atoms with Crippen molar-refractivity contribution in [3.8, 4) is 22.9 Å². The third kappa shape index (κ3) is 3.44. The summed E-state index contributed by atoms with van der Waals surface area (Å²) >= 11 is 1.66. The van der Waals surface area contributed by atoms with Crippen LogP contribution in [0, 0.1) is 6.92 Å². The van der Waals surface area contributed by atoms with Gasteiger partial charge in [0, 0.05) is 16.5 Å². The lowest BCUT2D eigenvalue weighted by Crippen LogP contribution is -2.00. The molecule has 2 aromatic carbocycles. The van der Waals surface area contributed by atoms with Crippen LogP contribution in [0.2, 0.25) is 0 Å². The van der Waals surface area contributed by atoms with Crippen molar-refractivity contribution in [2.75, 3.05) is 19.5 Å². The van der Waals surface area contributed by atoms with Gasteiger partial charge in [0.05, 0.1) is 25.3 Å². The summed E-state index contributed by atoms with van der Waals surface area (Å²) in [5, 5.41) is 4.41. The Balaban J connectivity index is 1.83. The highest BCUT2D eigenvalue weighted by atomic mass is 32.1. The standard InChI is InChI=1S/C21H19N3O2S/c1-13-11-16-20(22-17-10-9-15(25-2)12-18(17)26-3)23-19(24-21(16)27-13)14-7-5-4-6-8-14/h4-12H,1-3H3,(H,22,23,24). The Labute approximate surface area is 161 Å². The van der Waals surface area contributed by atoms with E-state index in [4.69, 9.17) is 19.4 Å². The Morgan fingerprint density at radius 1 is 0.926 bits per heavy atom. The molecule has 0 aliphatic carbocycles. The summed E-state index contributed by atoms with van der Waals surface area (Å²) < 4.78 is 10.8. The maximum absolute atomic E-state index is 5.51. The van der Waals surface area contributed by atoms with Gasteiger partial charge in [0.25, 0.3) is 0 Å². The molecular weight excluding hydrogens is 358 g/mol. The van der Waals surface area contributed by atoms with E-state index in [9.17, 15) is 0 Å². The minimum atomic E-state index is 0.689. The van der Waals surface area contributed by atoms with Crippen LogP contribution in [0.1, 0.15) is 4.88 Å². The van der Waals surface area contributed by atoms with Crippen LogP contribution in [-0.2, 0) is 0 Å². The lowest BCUT2D eigenvalue weighted by molar-refractivity contribution is 0.395. The van der Waals surface area contributed by atoms with Gasteiger partial charge in [0.15, 0.2) is 5.82 Å². The molecule has 0 aliphatic heterocycles. The molecule has 0 atom stereocenters. The first-order valence-corrected chi connectivity index (χ1v) is 9.32. The molecule has 4 rings (SSSR count). The summed E-state index contributed by atoms with van der Waals surface area (Å²) in [4.78, 5) is 11.7. The monoisotopic (exact) mass is 377 g/mol. The van der Waals surface area contributed by atoms with E-state index in [1.165, 1.54) is 4.88 Å². The molecule has 0 saturated carbocycles. The molecule has 0 spiro atoms. The summed E-state index contributed by atoms with van der Waals surface area (Å²) in [6.07, 6.45) is 0. The van der Waals surface area contributed by atoms with Crippen LogP contribution in [0.25, 0.3) is 21.6 Å². The summed E-state index contributed by atoms with van der Waals surface area (Å²) in [6.45, 7) is 2.08. The van der Waals surface area contributed by atoms with Gasteiger partial charge in [-0.1, -0.05) is 30.3 Å². The van der Waals surface area contributed by atoms with Crippen LogP contribution >= 0.6 is 11.3 Å². The van der Waals surface area contributed by atoms with Gasteiger partial charge in [0.2, 0.25) is 0 Å². The number of hydrogen-bond donors (Lipinski definition) is 1. The first kappa shape index (κ1) is 17.3. The van der Waals surface area contributed by atoms with Gasteiger partial charge in [-0.05, 0) is 25.1 Å². The number of aryl methyl sites for hydroxylation is 1. The average Bonchev–Trinajstić information content (AvgIpc) is 3.09. The highest BCUT2D eigenvalue weighted by Gasteiger charge is 2.14. The largest absolute Gasteiger partial charge is 0.497 e. The number of nitrogens with zero attached hydrogens (tertiary/aromatic N) is 2. The Hall–Kier alpha value is -3.12. The zero-order valence-electron chi connectivity index (χ0n) is 15.3. The van der Waals surface area contributed by atoms with Gasteiger partial charge < -0.3 is 14.8 Å². The predicted octanol–water partition coefficient (Wildman–Crippen LogP) is 5.43. The normalized spacial score (nSPS) is 10.8. The second-order valence-electron chi connectivity index (χ2n) is 6.03. The van der Waals surface area contributed by atoms with Gasteiger partial charge in [-0.2, -0.15) is 0 Å². The molecule has 136 valence electrons. The number of benzene rings is 2. The van der Waals surface area contributed by atoms with Gasteiger partial charge in [-0.3, -0.25) is 0 Å². The average molecular weight is 377 g/mol. The van der Waals surface area contributed by atoms with Crippen molar-refractivity contribution < 1.29 is 9.47 Å². The summed E-state index contributed by atoms with van der Waals surface area (Å²) in [6, 6.07) is 17.7. The van der Waals surface area contributed by atoms with Crippen molar-refractivity contribution in [3.63, 3.8) is 0 Å². The molecule has 0 radical (unpaired) electrons. The maximum atomic E-state index is 5.51. The molecule has 5 nitrogen and oxygen atoms in total. The fraction of sp³-hybridized carbons (Fsp3) is 0.143. The quantitative estimate of drug-likeness (QED) is 0.503. The van der Waals surface area contributed by atoms with E-state index in [0.717, 1.165) is 33.0 Å². The number of ether oxygens (including phenoxy) is 2. The zero-order chi connectivity index (χ0) is 18.8. The van der Waals surface area contributed by atoms with Gasteiger partial charge >= 0.3 is 0 Å². The van der Waals surface area contributed by atoms with E-state index >= 15 is 0 Å². The summed E-state index contributed by atoms with van der Waals surface area (Å²) in [7, 11) is 3.27. The fourth-order valence-electron chi connectivity index (χ4n) is 2.88. The Bertz CT molecular complexity index is 1090. The molecule has 0 saturated heterocycles. The van der Waals surface area contributed by atoms with Crippen molar-refractivity contribution >= 4 is 33.1 Å². The number of anilines is 2. The van der Waals surface area contributed by atoms with Gasteiger partial charge in [0.1, 0.15) is 22.1 Å². The van der Waals surface area contributed by atoms with Crippen LogP contribution in [0.5, 0.6) is 11.5 Å². The van der Waals surface area contributed by atoms with E-state index in [-0.39, 0.29) is 0 Å². The third-order valence-electron chi connectivity index (χ3n) is 4.21. The molecule has 6 heteroatoms. The lowest BCUT2D eigenvalue weighted by Gasteiger charge is -2.13. The van der Waals surface area contributed by atoms with Crippen molar-refractivity contribution in [2.45, 2.75) is 6.92 Å². The van der Waals surface area contributed by atoms with Crippen molar-refractivity contribution in [1.29, 1.82) is 0 Å². The smallest absolute Gasteiger partial charge is 0.163 e. The molecule has 0 fully saturated rings. The second kappa shape index (κ2) is 7.25. The fourth-order valence-corrected chi connectivity index (χ4v) is 3.76. The van der Waals surface area contributed by atoms with Gasteiger partial charge in [-0.25, -0.2) is 9.97 Å². The Morgan fingerprint density at radius 2 is 1.74 bits per heavy atom. The first-order valence-electron chi connectivity index (χ1n) is 8.50. The lowest BCUT2D eigenvalue weighted by atomic mass is 10.2. The summed E-state index contributed by atoms with van der Waals surface area (Å²) in [5.74, 6) is 2.88. The van der Waals surface area contributed by atoms with Crippen LogP contribution < -0.4 is 14.8 Å². The zero-order valence-corrected chi connectivity index (χ0v) is 16.1. The number of aromatic nitrogens is 2. The minimum Gasteiger partial charge on any atom is -0.497 e.